The molecule has 1 heterocycles. The first-order valence-corrected chi connectivity index (χ1v) is 10.8. The fraction of sp³-hybridized carbons (Fsp3) is 0.417. The smallest absolute Gasteiger partial charge is 0.227 e. The van der Waals surface area contributed by atoms with Gasteiger partial charge in [-0.2, -0.15) is 0 Å². The molecule has 2 aromatic carbocycles. The molecule has 1 unspecified atom stereocenters. The highest BCUT2D eigenvalue weighted by atomic mass is 35.5. The molecule has 1 aliphatic heterocycles. The number of amides is 2. The quantitative estimate of drug-likeness (QED) is 0.672. The Bertz CT molecular complexity index is 949. The van der Waals surface area contributed by atoms with Crippen LogP contribution in [0.4, 0.5) is 0 Å². The summed E-state index contributed by atoms with van der Waals surface area (Å²) in [6.07, 6.45) is 1.94. The van der Waals surface area contributed by atoms with Crippen LogP contribution < -0.4 is 15.2 Å². The van der Waals surface area contributed by atoms with E-state index in [4.69, 9.17) is 26.8 Å². The summed E-state index contributed by atoms with van der Waals surface area (Å²) in [4.78, 5) is 26.8. The van der Waals surface area contributed by atoms with Crippen molar-refractivity contribution < 1.29 is 19.1 Å². The number of benzene rings is 2. The number of ether oxygens (including phenoxy) is 2. The Kier molecular flexibility index (Phi) is 7.44. The van der Waals surface area contributed by atoms with E-state index in [0.29, 0.717) is 29.6 Å². The number of rotatable bonds is 8. The molecule has 2 N–H and O–H groups in total. The summed E-state index contributed by atoms with van der Waals surface area (Å²) >= 11 is 6.05. The van der Waals surface area contributed by atoms with Crippen LogP contribution in [-0.2, 0) is 16.0 Å². The lowest BCUT2D eigenvalue weighted by Gasteiger charge is -2.42. The minimum atomic E-state index is -0.529. The van der Waals surface area contributed by atoms with Gasteiger partial charge in [-0.15, -0.1) is 0 Å². The van der Waals surface area contributed by atoms with Gasteiger partial charge in [-0.05, 0) is 44.0 Å². The van der Waals surface area contributed by atoms with Crippen molar-refractivity contribution in [1.29, 1.82) is 0 Å². The van der Waals surface area contributed by atoms with Crippen molar-refractivity contribution in [3.05, 3.63) is 58.6 Å². The largest absolute Gasteiger partial charge is 0.496 e. The third-order valence-corrected chi connectivity index (χ3v) is 5.92. The molecule has 7 heteroatoms. The molecule has 166 valence electrons. The van der Waals surface area contributed by atoms with Gasteiger partial charge in [-0.1, -0.05) is 35.4 Å². The number of carbonyl (C=O) groups is 2. The SMILES string of the molecule is COc1ccc(C)cc1CC(=O)N1CCCC(COc2cccc(Cl)c2)(CC(N)=O)C1. The lowest BCUT2D eigenvalue weighted by Crippen LogP contribution is -2.50. The third-order valence-electron chi connectivity index (χ3n) is 5.68. The number of halogens is 1. The van der Waals surface area contributed by atoms with Crippen LogP contribution in [-0.4, -0.2) is 43.5 Å². The molecule has 2 amide bonds. The highest BCUT2D eigenvalue weighted by Gasteiger charge is 2.39. The molecule has 0 bridgehead atoms. The van der Waals surface area contributed by atoms with Crippen molar-refractivity contribution in [2.75, 3.05) is 26.8 Å². The molecule has 31 heavy (non-hydrogen) atoms. The second kappa shape index (κ2) is 10.1. The number of piperidine rings is 1. The van der Waals surface area contributed by atoms with Crippen molar-refractivity contribution in [2.45, 2.75) is 32.6 Å². The van der Waals surface area contributed by atoms with Crippen molar-refractivity contribution >= 4 is 23.4 Å². The zero-order valence-corrected chi connectivity index (χ0v) is 18.8. The normalized spacial score (nSPS) is 18.5. The molecule has 6 nitrogen and oxygen atoms in total. The maximum Gasteiger partial charge on any atom is 0.227 e. The molecule has 1 atom stereocenters. The molecule has 0 aromatic heterocycles. The number of aryl methyl sites for hydroxylation is 1. The van der Waals surface area contributed by atoms with Gasteiger partial charge >= 0.3 is 0 Å². The van der Waals surface area contributed by atoms with Crippen LogP contribution in [0.5, 0.6) is 11.5 Å². The van der Waals surface area contributed by atoms with Gasteiger partial charge in [0.15, 0.2) is 0 Å². The summed E-state index contributed by atoms with van der Waals surface area (Å²) in [5, 5.41) is 0.578. The number of primary amides is 1. The Morgan fingerprint density at radius 3 is 2.74 bits per heavy atom. The summed E-state index contributed by atoms with van der Waals surface area (Å²) in [6.45, 7) is 3.33. The summed E-state index contributed by atoms with van der Waals surface area (Å²) in [5.74, 6) is 0.928. The second-order valence-corrected chi connectivity index (χ2v) is 8.74. The van der Waals surface area contributed by atoms with E-state index in [1.54, 1.807) is 19.2 Å². The molecule has 0 spiro atoms. The molecule has 3 rings (SSSR count). The Balaban J connectivity index is 1.74. The number of hydrogen-bond acceptors (Lipinski definition) is 4. The van der Waals surface area contributed by atoms with Crippen LogP contribution in [0.15, 0.2) is 42.5 Å². The first-order valence-electron chi connectivity index (χ1n) is 10.4. The molecular weight excluding hydrogens is 416 g/mol. The first-order chi connectivity index (χ1) is 14.8. The minimum Gasteiger partial charge on any atom is -0.496 e. The maximum absolute atomic E-state index is 13.1. The molecule has 0 aliphatic carbocycles. The van der Waals surface area contributed by atoms with Gasteiger partial charge in [-0.25, -0.2) is 0 Å². The van der Waals surface area contributed by atoms with E-state index >= 15 is 0 Å². The number of hydrogen-bond donors (Lipinski definition) is 1. The van der Waals surface area contributed by atoms with Crippen molar-refractivity contribution in [3.63, 3.8) is 0 Å². The van der Waals surface area contributed by atoms with E-state index in [2.05, 4.69) is 0 Å². The van der Waals surface area contributed by atoms with Crippen LogP contribution in [0.25, 0.3) is 0 Å². The van der Waals surface area contributed by atoms with E-state index in [9.17, 15) is 9.59 Å². The Morgan fingerprint density at radius 2 is 2.03 bits per heavy atom. The number of nitrogens with two attached hydrogens (primary N) is 1. The zero-order chi connectivity index (χ0) is 22.4. The first kappa shape index (κ1) is 22.9. The van der Waals surface area contributed by atoms with Crippen LogP contribution in [0.2, 0.25) is 5.02 Å². The number of nitrogens with zero attached hydrogens (tertiary/aromatic N) is 1. The van der Waals surface area contributed by atoms with Gasteiger partial charge in [0, 0.05) is 35.5 Å². The van der Waals surface area contributed by atoms with E-state index in [-0.39, 0.29) is 25.4 Å². The third kappa shape index (κ3) is 6.14. The molecule has 2 aromatic rings. The lowest BCUT2D eigenvalue weighted by molar-refractivity contribution is -0.136. The van der Waals surface area contributed by atoms with Gasteiger partial charge < -0.3 is 20.1 Å². The summed E-state index contributed by atoms with van der Waals surface area (Å²) in [7, 11) is 1.60. The zero-order valence-electron chi connectivity index (χ0n) is 18.0. The predicted octanol–water partition coefficient (Wildman–Crippen LogP) is 3.76. The van der Waals surface area contributed by atoms with Gasteiger partial charge in [-0.3, -0.25) is 9.59 Å². The molecule has 0 radical (unpaired) electrons. The number of likely N-dealkylation sites (tertiary alicyclic amines) is 1. The molecule has 0 saturated carbocycles. The van der Waals surface area contributed by atoms with E-state index < -0.39 is 11.3 Å². The van der Waals surface area contributed by atoms with Crippen LogP contribution in [0.1, 0.15) is 30.4 Å². The Hall–Kier alpha value is -2.73. The Labute approximate surface area is 188 Å². The number of carbonyl (C=O) groups excluding carboxylic acids is 2. The predicted molar refractivity (Wildman–Crippen MR) is 120 cm³/mol. The molecular formula is C24H29ClN2O4. The summed E-state index contributed by atoms with van der Waals surface area (Å²) < 4.78 is 11.4. The standard InChI is InChI=1S/C24H29ClN2O4/c1-17-7-8-21(30-2)18(11-17)12-23(29)27-10-4-9-24(15-27,14-22(26)28)16-31-20-6-3-5-19(25)13-20/h3,5-8,11,13H,4,9-10,12,14-16H2,1-2H3,(H2,26,28). The van der Waals surface area contributed by atoms with Gasteiger partial charge in [0.05, 0.1) is 20.1 Å². The summed E-state index contributed by atoms with van der Waals surface area (Å²) in [5.41, 5.74) is 6.96. The lowest BCUT2D eigenvalue weighted by atomic mass is 9.77. The number of methoxy groups -OCH3 is 1. The van der Waals surface area contributed by atoms with Crippen LogP contribution >= 0.6 is 11.6 Å². The fourth-order valence-corrected chi connectivity index (χ4v) is 4.40. The fourth-order valence-electron chi connectivity index (χ4n) is 4.22. The highest BCUT2D eigenvalue weighted by molar-refractivity contribution is 6.30. The second-order valence-electron chi connectivity index (χ2n) is 8.30. The molecule has 1 aliphatic rings. The maximum atomic E-state index is 13.1. The average Bonchev–Trinajstić information content (AvgIpc) is 2.72. The Morgan fingerprint density at radius 1 is 1.23 bits per heavy atom. The van der Waals surface area contributed by atoms with E-state index in [0.717, 1.165) is 24.0 Å². The monoisotopic (exact) mass is 444 g/mol. The van der Waals surface area contributed by atoms with Crippen molar-refractivity contribution in [3.8, 4) is 11.5 Å². The molecule has 1 fully saturated rings. The highest BCUT2D eigenvalue weighted by Crippen LogP contribution is 2.35. The summed E-state index contributed by atoms with van der Waals surface area (Å²) in [6, 6.07) is 12.9. The van der Waals surface area contributed by atoms with E-state index in [1.165, 1.54) is 0 Å². The van der Waals surface area contributed by atoms with E-state index in [1.807, 2.05) is 42.2 Å². The molecule has 1 saturated heterocycles. The van der Waals surface area contributed by atoms with Crippen molar-refractivity contribution in [1.82, 2.24) is 4.90 Å². The van der Waals surface area contributed by atoms with Gasteiger partial charge in [0.25, 0.3) is 0 Å². The van der Waals surface area contributed by atoms with Crippen LogP contribution in [0, 0.1) is 12.3 Å². The van der Waals surface area contributed by atoms with Gasteiger partial charge in [0.1, 0.15) is 11.5 Å². The van der Waals surface area contributed by atoms with Crippen molar-refractivity contribution in [2.24, 2.45) is 11.1 Å². The topological polar surface area (TPSA) is 81.9 Å². The van der Waals surface area contributed by atoms with Gasteiger partial charge in [0.2, 0.25) is 11.8 Å². The minimum absolute atomic E-state index is 0.000186. The average molecular weight is 445 g/mol. The van der Waals surface area contributed by atoms with Crippen LogP contribution in [0.3, 0.4) is 0 Å².